The molecule has 0 radical (unpaired) electrons. The summed E-state index contributed by atoms with van der Waals surface area (Å²) in [5.74, 6) is 0.228. The molecular formula is C17H12ClF3N2O4S. The van der Waals surface area contributed by atoms with Crippen LogP contribution in [0, 0.1) is 0 Å². The first-order valence-corrected chi connectivity index (χ1v) is 8.85. The van der Waals surface area contributed by atoms with Crippen LogP contribution in [0.2, 0.25) is 5.02 Å². The van der Waals surface area contributed by atoms with Crippen LogP contribution in [0.4, 0.5) is 13.2 Å². The molecule has 0 bridgehead atoms. The Bertz CT molecular complexity index is 1070. The fourth-order valence-corrected chi connectivity index (χ4v) is 3.30. The number of rotatable bonds is 5. The summed E-state index contributed by atoms with van der Waals surface area (Å²) in [4.78, 5) is 17.2. The predicted octanol–water partition coefficient (Wildman–Crippen LogP) is 4.60. The molecule has 3 rings (SSSR count). The number of hydrogen-bond donors (Lipinski definition) is 2. The highest BCUT2D eigenvalue weighted by Crippen LogP contribution is 2.36. The lowest BCUT2D eigenvalue weighted by Crippen LogP contribution is -2.05. The highest BCUT2D eigenvalue weighted by atomic mass is 35.5. The van der Waals surface area contributed by atoms with E-state index in [2.05, 4.69) is 9.97 Å². The second-order valence-electron chi connectivity index (χ2n) is 5.55. The van der Waals surface area contributed by atoms with Crippen molar-refractivity contribution < 1.29 is 27.8 Å². The normalized spacial score (nSPS) is 11.5. The Hall–Kier alpha value is -2.72. The molecule has 0 spiro atoms. The van der Waals surface area contributed by atoms with Gasteiger partial charge in [0, 0.05) is 18.7 Å². The number of methoxy groups -OCH3 is 1. The first-order chi connectivity index (χ1) is 13.2. The van der Waals surface area contributed by atoms with E-state index in [0.29, 0.717) is 22.4 Å². The predicted molar refractivity (Wildman–Crippen MR) is 96.7 cm³/mol. The van der Waals surface area contributed by atoms with Crippen LogP contribution in [0.15, 0.2) is 35.3 Å². The van der Waals surface area contributed by atoms with Gasteiger partial charge in [0.05, 0.1) is 17.6 Å². The highest BCUT2D eigenvalue weighted by Gasteiger charge is 2.31. The minimum atomic E-state index is -4.56. The van der Waals surface area contributed by atoms with E-state index < -0.39 is 11.7 Å². The summed E-state index contributed by atoms with van der Waals surface area (Å²) in [6.45, 7) is 0. The van der Waals surface area contributed by atoms with Gasteiger partial charge >= 0.3 is 11.0 Å². The zero-order valence-electron chi connectivity index (χ0n) is 14.1. The fraction of sp³-hybridized carbons (Fsp3) is 0.176. The third kappa shape index (κ3) is 4.39. The van der Waals surface area contributed by atoms with Crippen LogP contribution in [-0.2, 0) is 12.6 Å². The van der Waals surface area contributed by atoms with Crippen molar-refractivity contribution >= 4 is 22.9 Å². The lowest BCUT2D eigenvalue weighted by Gasteiger charge is -2.12. The molecule has 0 aliphatic rings. The maximum absolute atomic E-state index is 12.7. The second kappa shape index (κ2) is 7.72. The van der Waals surface area contributed by atoms with Crippen LogP contribution < -0.4 is 14.3 Å². The molecule has 0 aliphatic carbocycles. The fourth-order valence-electron chi connectivity index (χ4n) is 2.35. The van der Waals surface area contributed by atoms with Gasteiger partial charge in [-0.1, -0.05) is 29.0 Å². The third-order valence-electron chi connectivity index (χ3n) is 3.66. The van der Waals surface area contributed by atoms with Gasteiger partial charge in [-0.25, -0.2) is 4.98 Å². The number of H-pyrrole nitrogens is 1. The van der Waals surface area contributed by atoms with Gasteiger partial charge in [-0.15, -0.1) is 0 Å². The summed E-state index contributed by atoms with van der Waals surface area (Å²) in [6, 6.07) is 5.40. The average molecular weight is 433 g/mol. The number of benzene rings is 1. The largest absolute Gasteiger partial charge is 0.496 e. The van der Waals surface area contributed by atoms with Crippen LogP contribution in [-0.4, -0.2) is 22.2 Å². The lowest BCUT2D eigenvalue weighted by molar-refractivity contribution is -0.137. The van der Waals surface area contributed by atoms with Gasteiger partial charge in [0.2, 0.25) is 11.8 Å². The number of ether oxygens (including phenoxy) is 2. The molecule has 1 aromatic carbocycles. The van der Waals surface area contributed by atoms with E-state index in [-0.39, 0.29) is 33.8 Å². The van der Waals surface area contributed by atoms with Gasteiger partial charge in [-0.3, -0.25) is 9.78 Å². The number of thiazole rings is 1. The number of nitrogens with one attached hydrogen (secondary N) is 1. The van der Waals surface area contributed by atoms with Crippen molar-refractivity contribution in [1.29, 1.82) is 0 Å². The van der Waals surface area contributed by atoms with E-state index in [1.807, 2.05) is 0 Å². The van der Waals surface area contributed by atoms with Crippen molar-refractivity contribution in [2.24, 2.45) is 0 Å². The SMILES string of the molecule is COc1cc(Oc2ncc(C(F)(F)F)cc2Cl)ccc1Cc1sc(=O)[nH]c1O. The number of halogens is 4. The van der Waals surface area contributed by atoms with Crippen molar-refractivity contribution in [3.8, 4) is 23.3 Å². The molecule has 0 saturated carbocycles. The molecule has 148 valence electrons. The zero-order chi connectivity index (χ0) is 20.5. The molecule has 28 heavy (non-hydrogen) atoms. The lowest BCUT2D eigenvalue weighted by atomic mass is 10.1. The van der Waals surface area contributed by atoms with Crippen LogP contribution in [0.3, 0.4) is 0 Å². The number of aromatic hydroxyl groups is 1. The Kier molecular flexibility index (Phi) is 5.52. The van der Waals surface area contributed by atoms with Crippen LogP contribution in [0.25, 0.3) is 0 Å². The maximum Gasteiger partial charge on any atom is 0.417 e. The Morgan fingerprint density at radius 3 is 2.64 bits per heavy atom. The quantitative estimate of drug-likeness (QED) is 0.615. The standard InChI is InChI=1S/C17H12ClF3N2O4S/c1-26-12-6-10(3-2-8(12)4-13-14(24)23-16(25)28-13)27-15-11(18)5-9(7-22-15)17(19,20)21/h2-3,5-7,24H,4H2,1H3,(H,23,25). The molecule has 0 amide bonds. The van der Waals surface area contributed by atoms with Gasteiger partial charge in [-0.05, 0) is 17.7 Å². The average Bonchev–Trinajstić information content (AvgIpc) is 2.94. The summed E-state index contributed by atoms with van der Waals surface area (Å²) in [5, 5.41) is 9.41. The minimum absolute atomic E-state index is 0.189. The topological polar surface area (TPSA) is 84.4 Å². The molecule has 2 heterocycles. The molecule has 2 N–H and O–H groups in total. The first kappa shape index (κ1) is 20.0. The van der Waals surface area contributed by atoms with E-state index in [0.717, 1.165) is 17.4 Å². The number of aromatic nitrogens is 2. The number of nitrogens with zero attached hydrogens (tertiary/aromatic N) is 1. The summed E-state index contributed by atoms with van der Waals surface area (Å²) in [5.41, 5.74) is -0.324. The van der Waals surface area contributed by atoms with Crippen molar-refractivity contribution in [2.45, 2.75) is 12.6 Å². The molecule has 2 aromatic heterocycles. The first-order valence-electron chi connectivity index (χ1n) is 7.66. The molecule has 0 saturated heterocycles. The van der Waals surface area contributed by atoms with Crippen LogP contribution in [0.5, 0.6) is 23.3 Å². The number of hydrogen-bond acceptors (Lipinski definition) is 6. The minimum Gasteiger partial charge on any atom is -0.496 e. The van der Waals surface area contributed by atoms with Gasteiger partial charge < -0.3 is 14.6 Å². The molecule has 11 heteroatoms. The summed E-state index contributed by atoms with van der Waals surface area (Å²) in [6.07, 6.45) is -3.70. The van der Waals surface area contributed by atoms with Crippen molar-refractivity contribution in [2.75, 3.05) is 7.11 Å². The van der Waals surface area contributed by atoms with Crippen molar-refractivity contribution in [3.05, 3.63) is 61.2 Å². The third-order valence-corrected chi connectivity index (χ3v) is 4.80. The molecular weight excluding hydrogens is 421 g/mol. The Balaban J connectivity index is 1.84. The van der Waals surface area contributed by atoms with E-state index in [4.69, 9.17) is 21.1 Å². The van der Waals surface area contributed by atoms with Gasteiger partial charge in [-0.2, -0.15) is 13.2 Å². The zero-order valence-corrected chi connectivity index (χ0v) is 15.7. The summed E-state index contributed by atoms with van der Waals surface area (Å²) < 4.78 is 48.8. The van der Waals surface area contributed by atoms with Crippen molar-refractivity contribution in [1.82, 2.24) is 9.97 Å². The van der Waals surface area contributed by atoms with Gasteiger partial charge in [0.15, 0.2) is 0 Å². The molecule has 3 aromatic rings. The Morgan fingerprint density at radius 1 is 1.32 bits per heavy atom. The van der Waals surface area contributed by atoms with E-state index >= 15 is 0 Å². The molecule has 0 atom stereocenters. The molecule has 0 fully saturated rings. The monoisotopic (exact) mass is 432 g/mol. The molecule has 6 nitrogen and oxygen atoms in total. The maximum atomic E-state index is 12.7. The molecule has 0 unspecified atom stereocenters. The van der Waals surface area contributed by atoms with Crippen molar-refractivity contribution in [3.63, 3.8) is 0 Å². The summed E-state index contributed by atoms with van der Waals surface area (Å²) >= 11 is 6.71. The van der Waals surface area contributed by atoms with E-state index in [1.54, 1.807) is 12.1 Å². The molecule has 0 aliphatic heterocycles. The van der Waals surface area contributed by atoms with E-state index in [1.165, 1.54) is 13.2 Å². The summed E-state index contributed by atoms with van der Waals surface area (Å²) in [7, 11) is 1.42. The van der Waals surface area contributed by atoms with Gasteiger partial charge in [0.25, 0.3) is 0 Å². The second-order valence-corrected chi connectivity index (χ2v) is 7.02. The smallest absolute Gasteiger partial charge is 0.417 e. The van der Waals surface area contributed by atoms with E-state index in [9.17, 15) is 23.1 Å². The number of alkyl halides is 3. The van der Waals surface area contributed by atoms with Crippen LogP contribution >= 0.6 is 22.9 Å². The highest BCUT2D eigenvalue weighted by molar-refractivity contribution is 7.09. The van der Waals surface area contributed by atoms with Crippen LogP contribution in [0.1, 0.15) is 16.0 Å². The Morgan fingerprint density at radius 2 is 2.07 bits per heavy atom. The van der Waals surface area contributed by atoms with Gasteiger partial charge in [0.1, 0.15) is 16.5 Å². The Labute approximate surface area is 165 Å². The number of pyridine rings is 1. The number of aromatic amines is 1.